The molecule has 0 aliphatic heterocycles. The van der Waals surface area contributed by atoms with Crippen molar-refractivity contribution in [2.75, 3.05) is 13.7 Å². The van der Waals surface area contributed by atoms with Gasteiger partial charge < -0.3 is 15.2 Å². The maximum atomic E-state index is 11.1. The highest BCUT2D eigenvalue weighted by Gasteiger charge is 2.07. The fraction of sp³-hybridized carbons (Fsp3) is 0.176. The Balaban J connectivity index is 1.56. The van der Waals surface area contributed by atoms with Crippen LogP contribution in [0.4, 0.5) is 0 Å². The first-order chi connectivity index (χ1) is 12.2. The van der Waals surface area contributed by atoms with Gasteiger partial charge >= 0.3 is 0 Å². The first kappa shape index (κ1) is 16.4. The second-order valence-electron chi connectivity index (χ2n) is 5.17. The van der Waals surface area contributed by atoms with Crippen molar-refractivity contribution in [1.29, 1.82) is 0 Å². The molecule has 2 aromatic carbocycles. The summed E-state index contributed by atoms with van der Waals surface area (Å²) < 4.78 is 10.7. The number of hydrogen-bond acceptors (Lipinski definition) is 6. The Hall–Kier alpha value is -3.42. The van der Waals surface area contributed by atoms with Crippen LogP contribution in [0.25, 0.3) is 11.4 Å². The van der Waals surface area contributed by atoms with Crippen LogP contribution in [-0.4, -0.2) is 39.8 Å². The molecule has 0 saturated carbocycles. The number of tetrazole rings is 1. The summed E-state index contributed by atoms with van der Waals surface area (Å²) in [4.78, 5) is 12.5. The summed E-state index contributed by atoms with van der Waals surface area (Å²) in [7, 11) is 1.62. The predicted molar refractivity (Wildman–Crippen MR) is 90.3 cm³/mol. The fourth-order valence-electron chi connectivity index (χ4n) is 2.15. The van der Waals surface area contributed by atoms with Gasteiger partial charge in [-0.25, -0.2) is 0 Å². The number of carbonyl (C=O) groups is 1. The molecule has 8 nitrogen and oxygen atoms in total. The van der Waals surface area contributed by atoms with Crippen LogP contribution in [0.3, 0.4) is 0 Å². The Morgan fingerprint density at radius 3 is 2.40 bits per heavy atom. The number of hydrogen-bond donors (Lipinski definition) is 1. The van der Waals surface area contributed by atoms with E-state index in [1.54, 1.807) is 31.4 Å². The Morgan fingerprint density at radius 1 is 1.08 bits per heavy atom. The standard InChI is InChI=1S/C17H17N5O3/c1-24-14-6-8-15(9-7-14)25-11-10-22-20-17(19-21-22)13-4-2-12(3-5-13)16(18)23/h2-9H,10-11H2,1H3,(H2,18,23). The van der Waals surface area contributed by atoms with Crippen LogP contribution in [0.5, 0.6) is 11.5 Å². The lowest BCUT2D eigenvalue weighted by Gasteiger charge is -2.06. The van der Waals surface area contributed by atoms with Gasteiger partial charge in [0, 0.05) is 11.1 Å². The van der Waals surface area contributed by atoms with E-state index in [-0.39, 0.29) is 0 Å². The quantitative estimate of drug-likeness (QED) is 0.700. The minimum atomic E-state index is -0.473. The monoisotopic (exact) mass is 339 g/mol. The van der Waals surface area contributed by atoms with E-state index in [0.29, 0.717) is 24.5 Å². The van der Waals surface area contributed by atoms with Crippen molar-refractivity contribution in [3.8, 4) is 22.9 Å². The Morgan fingerprint density at radius 2 is 1.76 bits per heavy atom. The molecule has 1 amide bonds. The number of aromatic nitrogens is 4. The van der Waals surface area contributed by atoms with Crippen LogP contribution in [0, 0.1) is 0 Å². The highest BCUT2D eigenvalue weighted by molar-refractivity contribution is 5.93. The summed E-state index contributed by atoms with van der Waals surface area (Å²) in [5.74, 6) is 1.51. The van der Waals surface area contributed by atoms with Gasteiger partial charge in [-0.15, -0.1) is 10.2 Å². The second kappa shape index (κ2) is 7.43. The summed E-state index contributed by atoms with van der Waals surface area (Å²) >= 11 is 0. The van der Waals surface area contributed by atoms with Gasteiger partial charge in [0.25, 0.3) is 0 Å². The number of ether oxygens (including phenoxy) is 2. The molecule has 8 heteroatoms. The lowest BCUT2D eigenvalue weighted by Crippen LogP contribution is -2.11. The Bertz CT molecular complexity index is 843. The zero-order chi connectivity index (χ0) is 17.6. The second-order valence-corrected chi connectivity index (χ2v) is 5.17. The molecule has 128 valence electrons. The van der Waals surface area contributed by atoms with E-state index in [1.165, 1.54) is 4.80 Å². The van der Waals surface area contributed by atoms with E-state index in [4.69, 9.17) is 15.2 Å². The fourth-order valence-corrected chi connectivity index (χ4v) is 2.15. The smallest absolute Gasteiger partial charge is 0.248 e. The average molecular weight is 339 g/mol. The molecule has 0 spiro atoms. The van der Waals surface area contributed by atoms with E-state index in [1.807, 2.05) is 24.3 Å². The summed E-state index contributed by atoms with van der Waals surface area (Å²) in [5, 5.41) is 12.3. The average Bonchev–Trinajstić information content (AvgIpc) is 3.11. The molecule has 0 saturated heterocycles. The van der Waals surface area contributed by atoms with Gasteiger partial charge in [-0.05, 0) is 41.6 Å². The van der Waals surface area contributed by atoms with Crippen LogP contribution in [0.15, 0.2) is 48.5 Å². The Kier molecular flexibility index (Phi) is 4.89. The van der Waals surface area contributed by atoms with Crippen molar-refractivity contribution in [1.82, 2.24) is 20.2 Å². The van der Waals surface area contributed by atoms with Gasteiger partial charge in [0.05, 0.1) is 13.7 Å². The number of methoxy groups -OCH3 is 1. The summed E-state index contributed by atoms with van der Waals surface area (Å²) in [6, 6.07) is 14.0. The minimum absolute atomic E-state index is 0.405. The predicted octanol–water partition coefficient (Wildman–Crippen LogP) is 1.53. The van der Waals surface area contributed by atoms with Gasteiger partial charge in [0.2, 0.25) is 11.7 Å². The highest BCUT2D eigenvalue weighted by atomic mass is 16.5. The van der Waals surface area contributed by atoms with E-state index >= 15 is 0 Å². The van der Waals surface area contributed by atoms with Gasteiger partial charge in [-0.1, -0.05) is 12.1 Å². The van der Waals surface area contributed by atoms with Gasteiger partial charge in [0.1, 0.15) is 18.1 Å². The van der Waals surface area contributed by atoms with Crippen molar-refractivity contribution in [2.24, 2.45) is 5.73 Å². The van der Waals surface area contributed by atoms with Gasteiger partial charge in [-0.3, -0.25) is 4.79 Å². The molecule has 25 heavy (non-hydrogen) atoms. The normalized spacial score (nSPS) is 10.4. The molecule has 3 rings (SSSR count). The lowest BCUT2D eigenvalue weighted by molar-refractivity contribution is 0.100. The zero-order valence-electron chi connectivity index (χ0n) is 13.6. The first-order valence-corrected chi connectivity index (χ1v) is 7.60. The van der Waals surface area contributed by atoms with Crippen LogP contribution in [0.2, 0.25) is 0 Å². The van der Waals surface area contributed by atoms with Crippen molar-refractivity contribution in [2.45, 2.75) is 6.54 Å². The largest absolute Gasteiger partial charge is 0.497 e. The third kappa shape index (κ3) is 4.11. The third-order valence-electron chi connectivity index (χ3n) is 3.50. The van der Waals surface area contributed by atoms with E-state index in [0.717, 1.165) is 17.1 Å². The number of nitrogens with zero attached hydrogens (tertiary/aromatic N) is 4. The summed E-state index contributed by atoms with van der Waals surface area (Å²) in [5.41, 5.74) is 6.41. The molecular weight excluding hydrogens is 322 g/mol. The lowest BCUT2D eigenvalue weighted by atomic mass is 10.1. The molecule has 1 heterocycles. The zero-order valence-corrected chi connectivity index (χ0v) is 13.6. The molecule has 3 aromatic rings. The number of amides is 1. The molecule has 1 aromatic heterocycles. The topological polar surface area (TPSA) is 105 Å². The van der Waals surface area contributed by atoms with Crippen molar-refractivity contribution < 1.29 is 14.3 Å². The molecule has 0 radical (unpaired) electrons. The molecule has 2 N–H and O–H groups in total. The van der Waals surface area contributed by atoms with E-state index < -0.39 is 5.91 Å². The maximum Gasteiger partial charge on any atom is 0.248 e. The molecular formula is C17H17N5O3. The SMILES string of the molecule is COc1ccc(OCCn2nnc(-c3ccc(C(N)=O)cc3)n2)cc1. The number of carbonyl (C=O) groups excluding carboxylic acids is 1. The van der Waals surface area contributed by atoms with Crippen molar-refractivity contribution in [3.05, 3.63) is 54.1 Å². The first-order valence-electron chi connectivity index (χ1n) is 7.60. The van der Waals surface area contributed by atoms with Crippen molar-refractivity contribution >= 4 is 5.91 Å². The number of rotatable bonds is 7. The summed E-state index contributed by atoms with van der Waals surface area (Å²) in [6.45, 7) is 0.862. The van der Waals surface area contributed by atoms with Gasteiger partial charge in [-0.2, -0.15) is 4.80 Å². The van der Waals surface area contributed by atoms with Crippen molar-refractivity contribution in [3.63, 3.8) is 0 Å². The number of benzene rings is 2. The Labute approximate surface area is 144 Å². The van der Waals surface area contributed by atoms with Crippen LogP contribution >= 0.6 is 0 Å². The summed E-state index contributed by atoms with van der Waals surface area (Å²) in [6.07, 6.45) is 0. The molecule has 0 bridgehead atoms. The van der Waals surface area contributed by atoms with Crippen LogP contribution in [0.1, 0.15) is 10.4 Å². The molecule has 0 aliphatic carbocycles. The number of nitrogens with two attached hydrogens (primary N) is 1. The van der Waals surface area contributed by atoms with Crippen LogP contribution in [-0.2, 0) is 6.54 Å². The molecule has 0 atom stereocenters. The van der Waals surface area contributed by atoms with E-state index in [9.17, 15) is 4.79 Å². The highest BCUT2D eigenvalue weighted by Crippen LogP contribution is 2.17. The third-order valence-corrected chi connectivity index (χ3v) is 3.50. The molecule has 0 unspecified atom stereocenters. The number of primary amides is 1. The van der Waals surface area contributed by atoms with Crippen LogP contribution < -0.4 is 15.2 Å². The molecule has 0 aliphatic rings. The van der Waals surface area contributed by atoms with E-state index in [2.05, 4.69) is 15.4 Å². The maximum absolute atomic E-state index is 11.1. The van der Waals surface area contributed by atoms with Gasteiger partial charge in [0.15, 0.2) is 0 Å². The molecule has 0 fully saturated rings. The minimum Gasteiger partial charge on any atom is -0.497 e.